The molecule has 0 spiro atoms. The molecule has 302 valence electrons. The molecule has 1 saturated heterocycles. The molecule has 4 N–H and O–H groups in total. The number of aromatic nitrogens is 7. The first kappa shape index (κ1) is 40.6. The summed E-state index contributed by atoms with van der Waals surface area (Å²) in [5.41, 5.74) is 3.26. The summed E-state index contributed by atoms with van der Waals surface area (Å²) in [7, 11) is 0. The number of hydrogen-bond donors (Lipinski definition) is 4. The van der Waals surface area contributed by atoms with Crippen molar-refractivity contribution < 1.29 is 37.8 Å². The molecule has 2 aliphatic rings. The number of fused-ring (bicyclic) bond motifs is 4. The number of ether oxygens (including phenoxy) is 1. The minimum atomic E-state index is -1.51. The number of halogens is 1. The van der Waals surface area contributed by atoms with E-state index < -0.39 is 48.1 Å². The number of rotatable bonds is 7. The monoisotopic (exact) mass is 786 g/mol. The van der Waals surface area contributed by atoms with Crippen molar-refractivity contribution in [2.24, 2.45) is 11.8 Å². The van der Waals surface area contributed by atoms with Crippen molar-refractivity contribution >= 4 is 34.7 Å². The molecule has 5 atom stereocenters. The fourth-order valence-corrected chi connectivity index (χ4v) is 6.86. The Morgan fingerprint density at radius 2 is 1.98 bits per heavy atom. The topological polar surface area (TPSA) is 223 Å². The van der Waals surface area contributed by atoms with Gasteiger partial charge >= 0.3 is 5.97 Å². The molecule has 3 amide bonds. The van der Waals surface area contributed by atoms with Gasteiger partial charge in [0, 0.05) is 38.4 Å². The highest BCUT2D eigenvalue weighted by Gasteiger charge is 2.39. The fraction of sp³-hybridized carbons (Fsp3) is 0.462. The number of carbonyl (C=O) groups is 4. The highest BCUT2D eigenvalue weighted by Crippen LogP contribution is 2.27. The number of esters is 1. The number of aromatic amines is 1. The van der Waals surface area contributed by atoms with Crippen molar-refractivity contribution in [1.29, 1.82) is 0 Å². The van der Waals surface area contributed by atoms with E-state index in [2.05, 4.69) is 41.1 Å². The summed E-state index contributed by atoms with van der Waals surface area (Å²) in [5, 5.41) is 31.3. The van der Waals surface area contributed by atoms with Gasteiger partial charge in [0.25, 0.3) is 5.91 Å². The molecule has 1 fully saturated rings. The fourth-order valence-electron chi connectivity index (χ4n) is 6.86. The summed E-state index contributed by atoms with van der Waals surface area (Å²) in [5.74, 6) is -3.02. The average molecular weight is 787 g/mol. The van der Waals surface area contributed by atoms with Gasteiger partial charge in [-0.1, -0.05) is 48.9 Å². The van der Waals surface area contributed by atoms with E-state index in [9.17, 15) is 28.7 Å². The maximum Gasteiger partial charge on any atom is 0.329 e. The smallest absolute Gasteiger partial charge is 0.329 e. The number of alkyl halides is 1. The normalized spacial score (nSPS) is 25.0. The van der Waals surface area contributed by atoms with E-state index >= 15 is 0 Å². The Bertz CT molecular complexity index is 2140. The maximum absolute atomic E-state index is 14.9. The number of cyclic esters (lactones) is 1. The van der Waals surface area contributed by atoms with Crippen molar-refractivity contribution in [1.82, 2.24) is 50.7 Å². The van der Waals surface area contributed by atoms with Crippen LogP contribution in [0.2, 0.25) is 0 Å². The number of oxazole rings is 1. The lowest BCUT2D eigenvalue weighted by Gasteiger charge is -2.30. The van der Waals surface area contributed by atoms with E-state index in [0.717, 1.165) is 11.8 Å². The maximum atomic E-state index is 14.9. The second kappa shape index (κ2) is 18.7. The van der Waals surface area contributed by atoms with E-state index in [1.807, 2.05) is 26.0 Å². The molecule has 6 rings (SSSR count). The molecule has 2 bridgehead atoms. The molecule has 17 nitrogen and oxygen atoms in total. The Labute approximate surface area is 327 Å². The van der Waals surface area contributed by atoms with Crippen LogP contribution in [0.5, 0.6) is 0 Å². The van der Waals surface area contributed by atoms with Gasteiger partial charge in [-0.2, -0.15) is 5.10 Å². The number of carbonyl (C=O) groups excluding carboxylic acids is 4. The SMILES string of the molecule is CC1=C\[C@@H](O)C[C@@H](F)Cc2nc(co2)C(=O)N2CCC[C@@H]2C(=O)O[C@H](C(C)C)[C@H](CC(=O)NCCn2cc(-c3ccc4[nH]ncc4n3)nn2)/C=C/C(=O)NC\C=C\1. The van der Waals surface area contributed by atoms with Gasteiger partial charge in [-0.3, -0.25) is 24.2 Å². The summed E-state index contributed by atoms with van der Waals surface area (Å²) < 4.78 is 28.0. The van der Waals surface area contributed by atoms with Crippen LogP contribution >= 0.6 is 0 Å². The Morgan fingerprint density at radius 1 is 1.14 bits per heavy atom. The molecule has 6 heterocycles. The largest absolute Gasteiger partial charge is 0.460 e. The molecule has 57 heavy (non-hydrogen) atoms. The van der Waals surface area contributed by atoms with Gasteiger partial charge in [0.2, 0.25) is 11.8 Å². The van der Waals surface area contributed by atoms with Crippen LogP contribution in [0.4, 0.5) is 4.39 Å². The van der Waals surface area contributed by atoms with Crippen LogP contribution in [0.15, 0.2) is 71.2 Å². The molecule has 0 saturated carbocycles. The summed E-state index contributed by atoms with van der Waals surface area (Å²) in [6, 6.07) is 2.73. The van der Waals surface area contributed by atoms with Gasteiger partial charge in [-0.05, 0) is 43.9 Å². The summed E-state index contributed by atoms with van der Waals surface area (Å²) in [6.45, 7) is 6.36. The number of H-pyrrole nitrogens is 1. The summed E-state index contributed by atoms with van der Waals surface area (Å²) in [4.78, 5) is 63.7. The zero-order valence-electron chi connectivity index (χ0n) is 32.0. The lowest BCUT2D eigenvalue weighted by Crippen LogP contribution is -2.44. The van der Waals surface area contributed by atoms with Crippen molar-refractivity contribution in [2.45, 2.75) is 83.8 Å². The Morgan fingerprint density at radius 3 is 2.81 bits per heavy atom. The molecule has 4 aromatic heterocycles. The Hall–Kier alpha value is -6.04. The number of allylic oxidation sites excluding steroid dienone is 2. The number of nitrogens with one attached hydrogen (secondary N) is 3. The first-order valence-corrected chi connectivity index (χ1v) is 19.0. The Kier molecular flexibility index (Phi) is 13.3. The summed E-state index contributed by atoms with van der Waals surface area (Å²) >= 11 is 0. The first-order valence-electron chi connectivity index (χ1n) is 19.0. The third kappa shape index (κ3) is 10.8. The molecular formula is C39H47FN10O7. The van der Waals surface area contributed by atoms with Crippen LogP contribution in [-0.4, -0.2) is 113 Å². The van der Waals surface area contributed by atoms with Crippen LogP contribution in [0, 0.1) is 11.8 Å². The molecule has 18 heteroatoms. The van der Waals surface area contributed by atoms with Gasteiger partial charge in [-0.25, -0.2) is 19.2 Å². The molecule has 2 aliphatic heterocycles. The number of hydrogen-bond acceptors (Lipinski definition) is 12. The van der Waals surface area contributed by atoms with Crippen LogP contribution in [0.25, 0.3) is 22.4 Å². The van der Waals surface area contributed by atoms with E-state index in [0.29, 0.717) is 41.9 Å². The molecule has 0 aromatic carbocycles. The van der Waals surface area contributed by atoms with Crippen molar-refractivity contribution in [2.75, 3.05) is 19.6 Å². The predicted octanol–water partition coefficient (Wildman–Crippen LogP) is 3.02. The van der Waals surface area contributed by atoms with Crippen molar-refractivity contribution in [3.8, 4) is 11.4 Å². The second-order valence-corrected chi connectivity index (χ2v) is 14.5. The van der Waals surface area contributed by atoms with Crippen LogP contribution in [0.3, 0.4) is 0 Å². The van der Waals surface area contributed by atoms with Gasteiger partial charge < -0.3 is 29.8 Å². The zero-order valence-corrected chi connectivity index (χ0v) is 32.0. The number of aliphatic hydroxyl groups is 1. The summed E-state index contributed by atoms with van der Waals surface area (Å²) in [6.07, 6.45) is 9.04. The standard InChI is InChI=1S/C39H47FN10O7/c1-23(2)37-25(17-35(53)42-13-15-49-21-31(47-48-49)28-9-10-29-30(44-28)20-43-46-29)8-11-34(52)41-12-4-6-24(3)16-27(51)18-26(40)19-36-45-32(22-56-36)38(54)50-14-5-7-33(50)39(55)57-37/h4,6,8-11,16,20-23,25-27,33,37,51H,5,7,12-15,17-19H2,1-3H3,(H,41,52)(H,42,53)(H,43,46)/b6-4+,11-8+,24-16+/t25-,26+,27+,33+,37+/m0/s1. The lowest BCUT2D eigenvalue weighted by atomic mass is 9.89. The van der Waals surface area contributed by atoms with E-state index in [-0.39, 0.29) is 62.3 Å². The number of amides is 3. The van der Waals surface area contributed by atoms with Crippen LogP contribution in [0.1, 0.15) is 62.8 Å². The van der Waals surface area contributed by atoms with Gasteiger partial charge in [0.15, 0.2) is 11.6 Å². The van der Waals surface area contributed by atoms with E-state index in [1.165, 1.54) is 17.1 Å². The predicted molar refractivity (Wildman–Crippen MR) is 204 cm³/mol. The number of aliphatic hydroxyl groups excluding tert-OH is 1. The molecule has 0 radical (unpaired) electrons. The van der Waals surface area contributed by atoms with E-state index in [4.69, 9.17) is 9.15 Å². The number of pyridine rings is 1. The quantitative estimate of drug-likeness (QED) is 0.199. The minimum Gasteiger partial charge on any atom is -0.460 e. The first-order chi connectivity index (χ1) is 27.4. The molecule has 0 aliphatic carbocycles. The average Bonchev–Trinajstić information content (AvgIpc) is 4.01. The molecular weight excluding hydrogens is 739 g/mol. The second-order valence-electron chi connectivity index (χ2n) is 14.5. The Balaban J connectivity index is 1.16. The minimum absolute atomic E-state index is 0.00852. The highest BCUT2D eigenvalue weighted by molar-refractivity contribution is 5.95. The third-order valence-electron chi connectivity index (χ3n) is 9.69. The molecule has 0 unspecified atom stereocenters. The lowest BCUT2D eigenvalue weighted by molar-refractivity contribution is -0.159. The van der Waals surface area contributed by atoms with E-state index in [1.54, 1.807) is 42.2 Å². The number of nitrogens with zero attached hydrogens (tertiary/aromatic N) is 7. The third-order valence-corrected chi connectivity index (χ3v) is 9.69. The van der Waals surface area contributed by atoms with Gasteiger partial charge in [-0.15, -0.1) is 5.10 Å². The van der Waals surface area contributed by atoms with Gasteiger partial charge in [0.1, 0.15) is 35.8 Å². The van der Waals surface area contributed by atoms with Gasteiger partial charge in [0.05, 0.1) is 42.7 Å². The molecule has 4 aromatic rings. The van der Waals surface area contributed by atoms with Crippen LogP contribution in [-0.2, 0) is 32.1 Å². The highest BCUT2D eigenvalue weighted by atomic mass is 19.1. The van der Waals surface area contributed by atoms with Crippen LogP contribution < -0.4 is 10.6 Å². The van der Waals surface area contributed by atoms with Crippen molar-refractivity contribution in [3.63, 3.8) is 0 Å². The van der Waals surface area contributed by atoms with Crippen molar-refractivity contribution in [3.05, 3.63) is 78.3 Å². The zero-order chi connectivity index (χ0) is 40.5.